The summed E-state index contributed by atoms with van der Waals surface area (Å²) in [7, 11) is 0. The van der Waals surface area contributed by atoms with Crippen LogP contribution in [0.15, 0.2) is 36.2 Å². The Hall–Kier alpha value is -1.64. The largest absolute Gasteiger partial charge is 0.488 e. The average Bonchev–Trinajstić information content (AvgIpc) is 3.06. The second kappa shape index (κ2) is 7.94. The standard InChI is InChI=1S/C23H33NO2/c1-16(2)13-21-14-24-22(26-21)15-25-20-11-9-19(10-12-20)23-17-5-3-6-18(23)8-4-7-17/h9-12,14,16-18,22-24H,3-8,13,15H2,1-2H3/t17?,18?,22-,23?/m0/s1. The lowest BCUT2D eigenvalue weighted by atomic mass is 9.62. The van der Waals surface area contributed by atoms with Crippen LogP contribution in [0.5, 0.6) is 5.75 Å². The molecule has 3 aliphatic rings. The van der Waals surface area contributed by atoms with Gasteiger partial charge in [-0.05, 0) is 67.1 Å². The topological polar surface area (TPSA) is 30.5 Å². The summed E-state index contributed by atoms with van der Waals surface area (Å²) in [4.78, 5) is 0. The van der Waals surface area contributed by atoms with Crippen molar-refractivity contribution in [2.75, 3.05) is 6.61 Å². The summed E-state index contributed by atoms with van der Waals surface area (Å²) in [6.07, 6.45) is 11.5. The molecule has 0 saturated heterocycles. The van der Waals surface area contributed by atoms with Crippen LogP contribution >= 0.6 is 0 Å². The first-order chi connectivity index (χ1) is 12.7. The zero-order valence-corrected chi connectivity index (χ0v) is 16.2. The van der Waals surface area contributed by atoms with Crippen LogP contribution in [0.3, 0.4) is 0 Å². The molecular weight excluding hydrogens is 322 g/mol. The van der Waals surface area contributed by atoms with E-state index in [0.717, 1.165) is 35.7 Å². The van der Waals surface area contributed by atoms with Crippen LogP contribution < -0.4 is 10.1 Å². The molecule has 0 aromatic heterocycles. The number of hydrogen-bond donors (Lipinski definition) is 1. The minimum Gasteiger partial charge on any atom is -0.488 e. The van der Waals surface area contributed by atoms with Gasteiger partial charge in [-0.1, -0.05) is 38.8 Å². The molecule has 2 saturated carbocycles. The number of hydrogen-bond acceptors (Lipinski definition) is 3. The van der Waals surface area contributed by atoms with Gasteiger partial charge in [-0.3, -0.25) is 0 Å². The highest BCUT2D eigenvalue weighted by molar-refractivity contribution is 5.31. The molecule has 1 aromatic rings. The van der Waals surface area contributed by atoms with Crippen molar-refractivity contribution in [1.82, 2.24) is 5.32 Å². The van der Waals surface area contributed by atoms with E-state index in [0.29, 0.717) is 12.5 Å². The van der Waals surface area contributed by atoms with Crippen molar-refractivity contribution in [3.8, 4) is 5.75 Å². The lowest BCUT2D eigenvalue weighted by Crippen LogP contribution is -2.30. The minimum atomic E-state index is -0.0684. The SMILES string of the molecule is CC(C)CC1=CN[C@H](COc2ccc(C3C4CCCC3CCC4)cc2)O1. The quantitative estimate of drug-likeness (QED) is 0.722. The van der Waals surface area contributed by atoms with Crippen LogP contribution in [-0.2, 0) is 4.74 Å². The van der Waals surface area contributed by atoms with E-state index in [2.05, 4.69) is 43.4 Å². The van der Waals surface area contributed by atoms with Gasteiger partial charge in [-0.15, -0.1) is 0 Å². The van der Waals surface area contributed by atoms with E-state index < -0.39 is 0 Å². The van der Waals surface area contributed by atoms with Crippen molar-refractivity contribution in [3.63, 3.8) is 0 Å². The van der Waals surface area contributed by atoms with Crippen LogP contribution in [0.25, 0.3) is 0 Å². The predicted octanol–water partition coefficient (Wildman–Crippen LogP) is 5.58. The molecule has 0 radical (unpaired) electrons. The molecular formula is C23H33NO2. The zero-order chi connectivity index (χ0) is 17.9. The number of nitrogens with one attached hydrogen (secondary N) is 1. The molecule has 2 fully saturated rings. The van der Waals surface area contributed by atoms with Gasteiger partial charge < -0.3 is 14.8 Å². The Morgan fingerprint density at radius 2 is 1.69 bits per heavy atom. The van der Waals surface area contributed by atoms with Crippen molar-refractivity contribution in [3.05, 3.63) is 41.8 Å². The lowest BCUT2D eigenvalue weighted by Gasteiger charge is -2.43. The second-order valence-electron chi connectivity index (χ2n) is 8.77. The Bertz CT molecular complexity index is 600. The molecule has 4 rings (SSSR count). The van der Waals surface area contributed by atoms with Gasteiger partial charge in [0.1, 0.15) is 18.1 Å². The fraction of sp³-hybridized carbons (Fsp3) is 0.652. The molecule has 2 bridgehead atoms. The third kappa shape index (κ3) is 4.02. The first-order valence-corrected chi connectivity index (χ1v) is 10.5. The fourth-order valence-electron chi connectivity index (χ4n) is 5.21. The summed E-state index contributed by atoms with van der Waals surface area (Å²) in [5.74, 6) is 5.19. The maximum Gasteiger partial charge on any atom is 0.203 e. The fourth-order valence-corrected chi connectivity index (χ4v) is 5.21. The molecule has 3 nitrogen and oxygen atoms in total. The molecule has 1 atom stereocenters. The van der Waals surface area contributed by atoms with Gasteiger partial charge in [0, 0.05) is 12.6 Å². The second-order valence-corrected chi connectivity index (χ2v) is 8.77. The highest BCUT2D eigenvalue weighted by Crippen LogP contribution is 2.49. The van der Waals surface area contributed by atoms with E-state index in [1.165, 1.54) is 44.1 Å². The molecule has 0 spiro atoms. The van der Waals surface area contributed by atoms with E-state index >= 15 is 0 Å². The monoisotopic (exact) mass is 355 g/mol. The number of benzene rings is 1. The van der Waals surface area contributed by atoms with E-state index in [1.54, 1.807) is 0 Å². The molecule has 2 aliphatic carbocycles. The van der Waals surface area contributed by atoms with Gasteiger partial charge in [-0.2, -0.15) is 0 Å². The predicted molar refractivity (Wildman–Crippen MR) is 105 cm³/mol. The van der Waals surface area contributed by atoms with Gasteiger partial charge in [-0.25, -0.2) is 0 Å². The van der Waals surface area contributed by atoms with Crippen LogP contribution in [0.4, 0.5) is 0 Å². The number of allylic oxidation sites excluding steroid dienone is 1. The highest BCUT2D eigenvalue weighted by Gasteiger charge is 2.36. The summed E-state index contributed by atoms with van der Waals surface area (Å²) in [6, 6.07) is 8.91. The molecule has 3 heteroatoms. The third-order valence-corrected chi connectivity index (χ3v) is 6.32. The molecule has 0 amide bonds. The Kier molecular flexibility index (Phi) is 5.42. The van der Waals surface area contributed by atoms with Crippen molar-refractivity contribution in [2.24, 2.45) is 17.8 Å². The Morgan fingerprint density at radius 3 is 2.31 bits per heavy atom. The van der Waals surface area contributed by atoms with Gasteiger partial charge >= 0.3 is 0 Å². The van der Waals surface area contributed by atoms with E-state index in [4.69, 9.17) is 9.47 Å². The van der Waals surface area contributed by atoms with Crippen molar-refractivity contribution in [2.45, 2.75) is 70.9 Å². The molecule has 26 heavy (non-hydrogen) atoms. The van der Waals surface area contributed by atoms with Crippen molar-refractivity contribution >= 4 is 0 Å². The van der Waals surface area contributed by atoms with Gasteiger partial charge in [0.2, 0.25) is 6.23 Å². The number of fused-ring (bicyclic) bond motifs is 2. The summed E-state index contributed by atoms with van der Waals surface area (Å²) >= 11 is 0. The van der Waals surface area contributed by atoms with E-state index in [-0.39, 0.29) is 6.23 Å². The molecule has 1 aromatic carbocycles. The van der Waals surface area contributed by atoms with E-state index in [1.807, 2.05) is 6.20 Å². The van der Waals surface area contributed by atoms with Gasteiger partial charge in [0.15, 0.2) is 0 Å². The van der Waals surface area contributed by atoms with Crippen LogP contribution in [-0.4, -0.2) is 12.8 Å². The first kappa shape index (κ1) is 17.8. The molecule has 1 heterocycles. The van der Waals surface area contributed by atoms with Crippen LogP contribution in [0.2, 0.25) is 0 Å². The number of rotatable bonds is 6. The Morgan fingerprint density at radius 1 is 1.04 bits per heavy atom. The van der Waals surface area contributed by atoms with Crippen LogP contribution in [0.1, 0.15) is 70.3 Å². The van der Waals surface area contributed by atoms with Gasteiger partial charge in [0.25, 0.3) is 0 Å². The molecule has 142 valence electrons. The number of ether oxygens (including phenoxy) is 2. The summed E-state index contributed by atoms with van der Waals surface area (Å²) < 4.78 is 11.8. The Balaban J connectivity index is 1.30. The molecule has 0 unspecified atom stereocenters. The maximum atomic E-state index is 5.96. The summed E-state index contributed by atoms with van der Waals surface area (Å²) in [5, 5.41) is 3.26. The highest BCUT2D eigenvalue weighted by atomic mass is 16.5. The summed E-state index contributed by atoms with van der Waals surface area (Å²) in [6.45, 7) is 4.94. The zero-order valence-electron chi connectivity index (χ0n) is 16.2. The summed E-state index contributed by atoms with van der Waals surface area (Å²) in [5.41, 5.74) is 1.53. The van der Waals surface area contributed by atoms with Crippen LogP contribution in [0, 0.1) is 17.8 Å². The van der Waals surface area contributed by atoms with Crippen molar-refractivity contribution < 1.29 is 9.47 Å². The first-order valence-electron chi connectivity index (χ1n) is 10.5. The average molecular weight is 356 g/mol. The van der Waals surface area contributed by atoms with E-state index in [9.17, 15) is 0 Å². The van der Waals surface area contributed by atoms with Crippen molar-refractivity contribution in [1.29, 1.82) is 0 Å². The minimum absolute atomic E-state index is 0.0684. The lowest BCUT2D eigenvalue weighted by molar-refractivity contribution is 0.0701. The van der Waals surface area contributed by atoms with Gasteiger partial charge in [0.05, 0.1) is 0 Å². The normalized spacial score (nSPS) is 30.5. The molecule has 1 N–H and O–H groups in total. The third-order valence-electron chi connectivity index (χ3n) is 6.32. The smallest absolute Gasteiger partial charge is 0.203 e. The molecule has 1 aliphatic heterocycles. The maximum absolute atomic E-state index is 5.96. The Labute approximate surface area is 158 Å².